The smallest absolute Gasteiger partial charge is 0.324 e. The maximum absolute atomic E-state index is 11.4. The summed E-state index contributed by atoms with van der Waals surface area (Å²) in [6, 6.07) is 12.8. The number of nitrogens with zero attached hydrogens (tertiary/aromatic N) is 2. The van der Waals surface area contributed by atoms with Crippen molar-refractivity contribution >= 4 is 27.4 Å². The molecule has 0 atom stereocenters. The summed E-state index contributed by atoms with van der Waals surface area (Å²) in [6.07, 6.45) is 0. The molecule has 0 spiro atoms. The van der Waals surface area contributed by atoms with Gasteiger partial charge < -0.3 is 9.15 Å². The van der Waals surface area contributed by atoms with E-state index in [1.54, 1.807) is 30.3 Å². The molecule has 0 N–H and O–H groups in total. The van der Waals surface area contributed by atoms with E-state index in [4.69, 9.17) is 9.15 Å². The molecule has 1 aromatic carbocycles. The minimum atomic E-state index is -0.426. The first-order valence-electron chi connectivity index (χ1n) is 7.29. The number of benzene rings is 2. The Morgan fingerprint density at radius 2 is 2.04 bits per heavy atom. The Balaban J connectivity index is 1.61. The summed E-state index contributed by atoms with van der Waals surface area (Å²) in [4.78, 5) is 26.9. The summed E-state index contributed by atoms with van der Waals surface area (Å²) >= 11 is 1.07. The van der Waals surface area contributed by atoms with Gasteiger partial charge >= 0.3 is 5.00 Å². The van der Waals surface area contributed by atoms with Crippen molar-refractivity contribution in [1.29, 1.82) is 0 Å². The van der Waals surface area contributed by atoms with Gasteiger partial charge in [0, 0.05) is 23.1 Å². The zero-order valence-electron chi connectivity index (χ0n) is 12.7. The van der Waals surface area contributed by atoms with Crippen molar-refractivity contribution in [2.24, 2.45) is 0 Å². The molecule has 1 aromatic heterocycles. The molecule has 25 heavy (non-hydrogen) atoms. The topological polar surface area (TPSA) is 95.5 Å². The first-order chi connectivity index (χ1) is 12.1. The van der Waals surface area contributed by atoms with E-state index in [0.29, 0.717) is 28.3 Å². The van der Waals surface area contributed by atoms with Gasteiger partial charge in [-0.15, -0.1) is 0 Å². The Bertz CT molecular complexity index is 1120. The van der Waals surface area contributed by atoms with Crippen LogP contribution in [0.15, 0.2) is 57.7 Å². The van der Waals surface area contributed by atoms with Crippen molar-refractivity contribution in [3.63, 3.8) is 0 Å². The van der Waals surface area contributed by atoms with E-state index in [2.05, 4.69) is 4.98 Å². The van der Waals surface area contributed by atoms with Crippen molar-refractivity contribution in [1.82, 2.24) is 4.98 Å². The zero-order chi connectivity index (χ0) is 17.4. The molecule has 4 rings (SSSR count). The second-order valence-corrected chi connectivity index (χ2v) is 6.41. The molecule has 0 radical (unpaired) electrons. The number of nitro groups is 1. The van der Waals surface area contributed by atoms with E-state index in [1.807, 2.05) is 0 Å². The quantitative estimate of drug-likeness (QED) is 0.314. The zero-order valence-corrected chi connectivity index (χ0v) is 13.5. The van der Waals surface area contributed by atoms with Crippen LogP contribution >= 0.6 is 11.3 Å². The molecule has 124 valence electrons. The second-order valence-electron chi connectivity index (χ2n) is 5.26. The standard InChI is InChI=1S/C17H10N2O5S/c20-10-1-4-13-15(7-10)24-16-8-11(2-5-14(16)18-13)23-9-12-3-6-17(25-12)19(21)22/h1-8H,9H2. The lowest BCUT2D eigenvalue weighted by molar-refractivity contribution is -0.380. The van der Waals surface area contributed by atoms with Gasteiger partial charge in [0.05, 0.1) is 4.92 Å². The largest absolute Gasteiger partial charge is 0.488 e. The lowest BCUT2D eigenvalue weighted by atomic mass is 10.2. The summed E-state index contributed by atoms with van der Waals surface area (Å²) in [5, 5.41) is 10.8. The van der Waals surface area contributed by atoms with Crippen molar-refractivity contribution < 1.29 is 14.1 Å². The van der Waals surface area contributed by atoms with Crippen LogP contribution in [0.25, 0.3) is 22.6 Å². The van der Waals surface area contributed by atoms with Gasteiger partial charge in [-0.25, -0.2) is 4.98 Å². The van der Waals surface area contributed by atoms with E-state index < -0.39 is 4.92 Å². The third kappa shape index (κ3) is 3.07. The van der Waals surface area contributed by atoms with Gasteiger partial charge in [0.1, 0.15) is 23.6 Å². The number of ether oxygens (including phenoxy) is 1. The SMILES string of the molecule is O=c1ccc2nc3ccc(OCc4ccc([N+](=O)[O-])s4)cc3oc-2c1. The number of thiophene rings is 1. The van der Waals surface area contributed by atoms with Crippen molar-refractivity contribution in [3.8, 4) is 17.2 Å². The molecule has 2 heterocycles. The van der Waals surface area contributed by atoms with Crippen LogP contribution in [0.2, 0.25) is 0 Å². The summed E-state index contributed by atoms with van der Waals surface area (Å²) in [7, 11) is 0. The van der Waals surface area contributed by atoms with Crippen molar-refractivity contribution in [3.05, 3.63) is 73.7 Å². The summed E-state index contributed by atoms with van der Waals surface area (Å²) in [5.41, 5.74) is 1.59. The minimum Gasteiger partial charge on any atom is -0.488 e. The number of hydrogen-bond acceptors (Lipinski definition) is 7. The Kier molecular flexibility index (Phi) is 3.66. The number of rotatable bonds is 4. The highest BCUT2D eigenvalue weighted by Crippen LogP contribution is 2.28. The van der Waals surface area contributed by atoms with Crippen LogP contribution < -0.4 is 10.2 Å². The third-order valence-electron chi connectivity index (χ3n) is 3.53. The lowest BCUT2D eigenvalue weighted by Gasteiger charge is -2.08. The van der Waals surface area contributed by atoms with Crippen LogP contribution in [0, 0.1) is 10.1 Å². The summed E-state index contributed by atoms with van der Waals surface area (Å²) in [5.74, 6) is 0.956. The Hall–Kier alpha value is -3.26. The molecule has 0 bridgehead atoms. The molecule has 0 fully saturated rings. The maximum atomic E-state index is 11.4. The van der Waals surface area contributed by atoms with Gasteiger partial charge in [0.15, 0.2) is 16.8 Å². The normalized spacial score (nSPS) is 11.0. The van der Waals surface area contributed by atoms with Gasteiger partial charge in [0.25, 0.3) is 0 Å². The van der Waals surface area contributed by atoms with Gasteiger partial charge in [-0.2, -0.15) is 0 Å². The number of hydrogen-bond donors (Lipinski definition) is 0. The van der Waals surface area contributed by atoms with E-state index in [0.717, 1.165) is 16.2 Å². The Labute approximate surface area is 144 Å². The highest BCUT2D eigenvalue weighted by atomic mass is 32.1. The number of fused-ring (bicyclic) bond motifs is 2. The maximum Gasteiger partial charge on any atom is 0.324 e. The van der Waals surface area contributed by atoms with Gasteiger partial charge in [-0.05, 0) is 30.3 Å². The molecule has 0 saturated heterocycles. The van der Waals surface area contributed by atoms with Crippen LogP contribution in [-0.2, 0) is 6.61 Å². The average molecular weight is 354 g/mol. The van der Waals surface area contributed by atoms with E-state index in [9.17, 15) is 14.9 Å². The third-order valence-corrected chi connectivity index (χ3v) is 4.54. The Morgan fingerprint density at radius 1 is 1.16 bits per heavy atom. The molecule has 2 aliphatic rings. The van der Waals surface area contributed by atoms with Gasteiger partial charge in [0.2, 0.25) is 0 Å². The molecule has 1 aliphatic heterocycles. The van der Waals surface area contributed by atoms with Crippen LogP contribution in [0.3, 0.4) is 0 Å². The highest BCUT2D eigenvalue weighted by Gasteiger charge is 2.12. The molecular weight excluding hydrogens is 344 g/mol. The number of aromatic nitrogens is 1. The highest BCUT2D eigenvalue weighted by molar-refractivity contribution is 7.15. The fourth-order valence-corrected chi connectivity index (χ4v) is 3.11. The van der Waals surface area contributed by atoms with E-state index in [1.165, 1.54) is 18.2 Å². The van der Waals surface area contributed by atoms with Crippen LogP contribution in [0.1, 0.15) is 4.88 Å². The van der Waals surface area contributed by atoms with Crippen molar-refractivity contribution in [2.75, 3.05) is 0 Å². The molecule has 0 unspecified atom stereocenters. The molecule has 1 aliphatic carbocycles. The van der Waals surface area contributed by atoms with E-state index in [-0.39, 0.29) is 17.0 Å². The average Bonchev–Trinajstić information content (AvgIpc) is 3.07. The van der Waals surface area contributed by atoms with Crippen LogP contribution in [0.5, 0.6) is 5.75 Å². The fourth-order valence-electron chi connectivity index (χ4n) is 2.37. The molecule has 2 aromatic rings. The van der Waals surface area contributed by atoms with Crippen LogP contribution in [-0.4, -0.2) is 9.91 Å². The lowest BCUT2D eigenvalue weighted by Crippen LogP contribution is -1.99. The molecule has 0 saturated carbocycles. The van der Waals surface area contributed by atoms with Gasteiger partial charge in [-0.3, -0.25) is 14.9 Å². The second kappa shape index (κ2) is 5.99. The van der Waals surface area contributed by atoms with Crippen molar-refractivity contribution in [2.45, 2.75) is 6.61 Å². The predicted octanol–water partition coefficient (Wildman–Crippen LogP) is 3.84. The summed E-state index contributed by atoms with van der Waals surface area (Å²) < 4.78 is 11.4. The first kappa shape index (κ1) is 15.3. The summed E-state index contributed by atoms with van der Waals surface area (Å²) in [6.45, 7) is 0.218. The monoisotopic (exact) mass is 354 g/mol. The predicted molar refractivity (Wildman–Crippen MR) is 92.2 cm³/mol. The Morgan fingerprint density at radius 3 is 2.84 bits per heavy atom. The molecule has 8 heteroatoms. The molecular formula is C17H10N2O5S. The van der Waals surface area contributed by atoms with E-state index >= 15 is 0 Å². The van der Waals surface area contributed by atoms with Crippen LogP contribution in [0.4, 0.5) is 5.00 Å². The first-order valence-corrected chi connectivity index (χ1v) is 8.11. The minimum absolute atomic E-state index is 0.0798. The fraction of sp³-hybridized carbons (Fsp3) is 0.0588. The molecule has 7 nitrogen and oxygen atoms in total. The van der Waals surface area contributed by atoms with Gasteiger partial charge in [-0.1, -0.05) is 11.3 Å². The molecule has 0 amide bonds.